The number of rotatable bonds is 5. The van der Waals surface area contributed by atoms with Gasteiger partial charge in [0.1, 0.15) is 6.61 Å². The van der Waals surface area contributed by atoms with E-state index in [2.05, 4.69) is 6.92 Å². The number of aliphatic hydroxyl groups is 2. The van der Waals surface area contributed by atoms with Crippen molar-refractivity contribution in [1.29, 1.82) is 0 Å². The molecule has 232 valence electrons. The predicted molar refractivity (Wildman–Crippen MR) is 162 cm³/mol. The van der Waals surface area contributed by atoms with Gasteiger partial charge in [0.05, 0.1) is 12.2 Å². The Kier molecular flexibility index (Phi) is 6.66. The number of aliphatic hydroxyl groups excluding tert-OH is 2. The van der Waals surface area contributed by atoms with Crippen molar-refractivity contribution in [3.8, 4) is 0 Å². The van der Waals surface area contributed by atoms with Crippen molar-refractivity contribution in [2.45, 2.75) is 82.1 Å². The normalized spacial score (nSPS) is 41.3. The number of hydrogen-bond donors (Lipinski definition) is 3. The number of allylic oxidation sites excluding steroid dienone is 4. The van der Waals surface area contributed by atoms with Gasteiger partial charge >= 0.3 is 0 Å². The van der Waals surface area contributed by atoms with Gasteiger partial charge in [-0.25, -0.2) is 4.39 Å². The number of anilines is 1. The summed E-state index contributed by atoms with van der Waals surface area (Å²) in [6.45, 7) is 5.02. The Morgan fingerprint density at radius 3 is 2.59 bits per heavy atom. The van der Waals surface area contributed by atoms with Crippen LogP contribution in [0, 0.1) is 22.7 Å². The Morgan fingerprint density at radius 2 is 1.89 bits per heavy atom. The Balaban J connectivity index is 1.20. The van der Waals surface area contributed by atoms with Crippen molar-refractivity contribution in [3.05, 3.63) is 89.0 Å². The molecule has 4 fully saturated rings. The van der Waals surface area contributed by atoms with Crippen LogP contribution in [0.25, 0.3) is 0 Å². The van der Waals surface area contributed by atoms with Crippen molar-refractivity contribution >= 4 is 17.3 Å². The number of ether oxygens (including phenoxy) is 2. The van der Waals surface area contributed by atoms with Crippen LogP contribution in [-0.2, 0) is 19.1 Å². The molecule has 7 nitrogen and oxygen atoms in total. The molecule has 8 heteroatoms. The van der Waals surface area contributed by atoms with Gasteiger partial charge < -0.3 is 25.4 Å². The number of ketones is 2. The maximum absolute atomic E-state index is 17.6. The van der Waals surface area contributed by atoms with Gasteiger partial charge in [-0.2, -0.15) is 0 Å². The second-order valence-electron chi connectivity index (χ2n) is 14.0. The number of Topliss-reactive ketones (excluding diaryl/α,β-unsaturated/α-hetero) is 1. The molecule has 7 rings (SSSR count). The lowest BCUT2D eigenvalue weighted by molar-refractivity contribution is -0.231. The lowest BCUT2D eigenvalue weighted by atomic mass is 9.44. The van der Waals surface area contributed by atoms with E-state index < -0.39 is 58.9 Å². The van der Waals surface area contributed by atoms with Gasteiger partial charge in [0.2, 0.25) is 0 Å². The molecule has 0 bridgehead atoms. The summed E-state index contributed by atoms with van der Waals surface area (Å²) < 4.78 is 30.7. The lowest BCUT2D eigenvalue weighted by Crippen LogP contribution is -2.69. The highest BCUT2D eigenvalue weighted by Crippen LogP contribution is 2.72. The van der Waals surface area contributed by atoms with Crippen molar-refractivity contribution in [2.24, 2.45) is 22.7 Å². The highest BCUT2D eigenvalue weighted by atomic mass is 19.1. The lowest BCUT2D eigenvalue weighted by Gasteiger charge is -2.62. The molecular weight excluding hydrogens is 561 g/mol. The highest BCUT2D eigenvalue weighted by molar-refractivity contribution is 6.01. The number of nitrogens with two attached hydrogens (primary N) is 1. The predicted octanol–water partition coefficient (Wildman–Crippen LogP) is 5.12. The summed E-state index contributed by atoms with van der Waals surface area (Å²) in [6, 6.07) is 15.7. The first-order chi connectivity index (χ1) is 20.9. The zero-order chi connectivity index (χ0) is 31.2. The van der Waals surface area contributed by atoms with Crippen molar-refractivity contribution in [3.63, 3.8) is 0 Å². The summed E-state index contributed by atoms with van der Waals surface area (Å²) in [5.74, 6) is -1.51. The van der Waals surface area contributed by atoms with Crippen molar-refractivity contribution in [2.75, 3.05) is 12.3 Å². The molecule has 3 saturated carbocycles. The Labute approximate surface area is 256 Å². The maximum Gasteiger partial charge on any atom is 0.193 e. The van der Waals surface area contributed by atoms with E-state index in [0.717, 1.165) is 16.7 Å². The largest absolute Gasteiger partial charge is 0.399 e. The average Bonchev–Trinajstić information content (AvgIpc) is 3.51. The number of nitrogen functional groups attached to an aromatic ring is 1. The van der Waals surface area contributed by atoms with E-state index in [0.29, 0.717) is 30.5 Å². The number of carbonyl (C=O) groups excluding carboxylic acids is 2. The minimum absolute atomic E-state index is 0.0374. The van der Waals surface area contributed by atoms with E-state index in [-0.39, 0.29) is 24.0 Å². The Morgan fingerprint density at radius 1 is 1.14 bits per heavy atom. The topological polar surface area (TPSA) is 119 Å². The van der Waals surface area contributed by atoms with Crippen LogP contribution in [-0.4, -0.2) is 51.9 Å². The molecule has 4 aliphatic carbocycles. The molecule has 1 aliphatic heterocycles. The van der Waals surface area contributed by atoms with Crippen molar-refractivity contribution in [1.82, 2.24) is 0 Å². The second kappa shape index (κ2) is 9.91. The first-order valence-electron chi connectivity index (χ1n) is 15.6. The molecule has 1 saturated heterocycles. The molecule has 0 unspecified atom stereocenters. The minimum Gasteiger partial charge on any atom is -0.399 e. The van der Waals surface area contributed by atoms with Gasteiger partial charge in [0.15, 0.2) is 29.1 Å². The van der Waals surface area contributed by atoms with Crippen LogP contribution in [0.15, 0.2) is 72.3 Å². The average molecular weight is 602 g/mol. The summed E-state index contributed by atoms with van der Waals surface area (Å²) >= 11 is 0. The molecule has 2 aromatic rings. The standard InChI is InChI=1S/C36H40FNO6/c1-20(23-5-4-6-25(38)15-23)21-7-9-22(10-8-21)32-43-31-17-28-27-12-11-24-16-26(40)13-14-33(24,2)35(27,37)29(41)18-34(28,3)36(31,44-32)30(42)19-39/h4-10,13-16,20,27-29,31-32,39,41H,11-12,17-19,38H2,1-3H3/t20-,27-,28-,29-,31+,32-,33-,34-,35-,36+/m0/s1. The van der Waals surface area contributed by atoms with Gasteiger partial charge in [0.25, 0.3) is 0 Å². The van der Waals surface area contributed by atoms with E-state index in [1.807, 2.05) is 55.5 Å². The molecule has 44 heavy (non-hydrogen) atoms. The van der Waals surface area contributed by atoms with E-state index >= 15 is 4.39 Å². The van der Waals surface area contributed by atoms with E-state index in [4.69, 9.17) is 15.2 Å². The van der Waals surface area contributed by atoms with Crippen LogP contribution in [0.5, 0.6) is 0 Å². The monoisotopic (exact) mass is 601 g/mol. The molecule has 0 amide bonds. The van der Waals surface area contributed by atoms with Gasteiger partial charge in [-0.05, 0) is 73.9 Å². The quantitative estimate of drug-likeness (QED) is 0.408. The number of benzene rings is 2. The third kappa shape index (κ3) is 3.74. The molecule has 5 aliphatic rings. The summed E-state index contributed by atoms with van der Waals surface area (Å²) in [5.41, 5.74) is 4.62. The van der Waals surface area contributed by atoms with Crippen LogP contribution < -0.4 is 5.73 Å². The minimum atomic E-state index is -2.03. The number of alkyl halides is 1. The Hall–Kier alpha value is -3.17. The van der Waals surface area contributed by atoms with Crippen molar-refractivity contribution < 1.29 is 33.7 Å². The number of carbonyl (C=O) groups is 2. The SMILES string of the molecule is C[C@@H](c1ccc([C@H]2O[C@@H]3C[C@H]4[C@@H]5CCC6=CC(=O)C=C[C@]6(C)[C@@]5(F)[C@@H](O)C[C@]4(C)[C@]3(C(=O)CO)O2)cc1)c1cccc(N)c1. The fourth-order valence-electron chi connectivity index (χ4n) is 9.68. The maximum atomic E-state index is 17.6. The molecular formula is C36H40FNO6. The van der Waals surface area contributed by atoms with Gasteiger partial charge in [-0.1, -0.05) is 61.9 Å². The number of hydrogen-bond acceptors (Lipinski definition) is 7. The summed E-state index contributed by atoms with van der Waals surface area (Å²) in [7, 11) is 0. The van der Waals surface area contributed by atoms with Gasteiger partial charge in [-0.15, -0.1) is 0 Å². The van der Waals surface area contributed by atoms with Crippen LogP contribution in [0.1, 0.15) is 75.4 Å². The van der Waals surface area contributed by atoms with E-state index in [9.17, 15) is 19.8 Å². The zero-order valence-electron chi connectivity index (χ0n) is 25.3. The van der Waals surface area contributed by atoms with Gasteiger partial charge in [-0.3, -0.25) is 9.59 Å². The third-order valence-electron chi connectivity index (χ3n) is 12.1. The molecule has 10 atom stereocenters. The van der Waals surface area contributed by atoms with E-state index in [1.54, 1.807) is 13.0 Å². The first-order valence-corrected chi connectivity index (χ1v) is 15.6. The summed E-state index contributed by atoms with van der Waals surface area (Å²) in [5, 5.41) is 21.9. The van der Waals surface area contributed by atoms with Crippen LogP contribution in [0.4, 0.5) is 10.1 Å². The summed E-state index contributed by atoms with van der Waals surface area (Å²) in [6.07, 6.45) is 2.82. The zero-order valence-corrected chi connectivity index (χ0v) is 25.3. The van der Waals surface area contributed by atoms with Crippen LogP contribution in [0.3, 0.4) is 0 Å². The Bertz CT molecular complexity index is 1590. The van der Waals surface area contributed by atoms with E-state index in [1.165, 1.54) is 12.2 Å². The fraction of sp³-hybridized carbons (Fsp3) is 0.500. The molecule has 4 N–H and O–H groups in total. The highest BCUT2D eigenvalue weighted by Gasteiger charge is 2.79. The van der Waals surface area contributed by atoms with Crippen LogP contribution >= 0.6 is 0 Å². The van der Waals surface area contributed by atoms with Gasteiger partial charge in [0, 0.05) is 33.9 Å². The molecule has 0 aromatic heterocycles. The molecule has 0 spiro atoms. The number of fused-ring (bicyclic) bond motifs is 7. The smallest absolute Gasteiger partial charge is 0.193 e. The fourth-order valence-corrected chi connectivity index (χ4v) is 9.68. The molecule has 1 heterocycles. The number of halogens is 1. The van der Waals surface area contributed by atoms with Crippen LogP contribution in [0.2, 0.25) is 0 Å². The molecule has 0 radical (unpaired) electrons. The summed E-state index contributed by atoms with van der Waals surface area (Å²) in [4.78, 5) is 25.9. The second-order valence-corrected chi connectivity index (χ2v) is 14.0. The molecule has 2 aromatic carbocycles. The third-order valence-corrected chi connectivity index (χ3v) is 12.1. The first kappa shape index (κ1) is 29.5.